The van der Waals surface area contributed by atoms with Gasteiger partial charge in [-0.2, -0.15) is 10.2 Å². The van der Waals surface area contributed by atoms with Crippen LogP contribution in [0.2, 0.25) is 5.02 Å². The molecule has 6 rings (SSSR count). The molecular formula is C27H18ClF2N7O5. The molecule has 0 bridgehead atoms. The molecule has 0 spiro atoms. The van der Waals surface area contributed by atoms with Crippen molar-refractivity contribution in [3.8, 4) is 0 Å². The Kier molecular flexibility index (Phi) is 6.61. The standard InChI is InChI=1S/C27H18ClF2N7O5/c1-35-25(31-12-32-35)22-23(13-2-5-15(29)6-3-13)33-20-9-16(30)8-18-21(20)24(22)34-36(26(18)38)27(39)42-11-14-4-7-17(37(40)41)10-19(14)28/h2-10,12,22-23,33H,11H2,1H3/t22-,23-/m1/s1. The van der Waals surface area contributed by atoms with Crippen molar-refractivity contribution in [1.82, 2.24) is 24.5 Å². The van der Waals surface area contributed by atoms with Crippen molar-refractivity contribution in [1.29, 1.82) is 0 Å². The summed E-state index contributed by atoms with van der Waals surface area (Å²) in [7, 11) is 1.65. The first-order chi connectivity index (χ1) is 20.1. The number of aryl methyl sites for hydroxylation is 1. The number of ether oxygens (including phenoxy) is 1. The van der Waals surface area contributed by atoms with Gasteiger partial charge in [0, 0.05) is 35.8 Å². The maximum Gasteiger partial charge on any atom is 0.438 e. The molecule has 2 atom stereocenters. The van der Waals surface area contributed by atoms with E-state index in [-0.39, 0.29) is 38.4 Å². The van der Waals surface area contributed by atoms with E-state index in [0.717, 1.165) is 12.1 Å². The number of rotatable bonds is 5. The Morgan fingerprint density at radius 2 is 1.90 bits per heavy atom. The molecule has 0 unspecified atom stereocenters. The molecule has 42 heavy (non-hydrogen) atoms. The van der Waals surface area contributed by atoms with Crippen LogP contribution < -0.4 is 10.9 Å². The second-order valence-electron chi connectivity index (χ2n) is 9.46. The second kappa shape index (κ2) is 10.3. The van der Waals surface area contributed by atoms with E-state index >= 15 is 0 Å². The lowest BCUT2D eigenvalue weighted by Gasteiger charge is -2.34. The first-order valence-corrected chi connectivity index (χ1v) is 12.7. The summed E-state index contributed by atoms with van der Waals surface area (Å²) < 4.78 is 35.9. The van der Waals surface area contributed by atoms with Gasteiger partial charge in [-0.25, -0.2) is 18.6 Å². The van der Waals surface area contributed by atoms with E-state index in [9.17, 15) is 28.5 Å². The first kappa shape index (κ1) is 27.0. The number of nitro groups is 1. The minimum atomic E-state index is -1.19. The van der Waals surface area contributed by atoms with Gasteiger partial charge in [-0.15, -0.1) is 4.68 Å². The monoisotopic (exact) mass is 593 g/mol. The van der Waals surface area contributed by atoms with Gasteiger partial charge in [0.2, 0.25) is 0 Å². The van der Waals surface area contributed by atoms with E-state index < -0.39 is 46.8 Å². The molecule has 2 aromatic heterocycles. The summed E-state index contributed by atoms with van der Waals surface area (Å²) in [5, 5.41) is 22.9. The number of carbonyl (C=O) groups is 1. The maximum absolute atomic E-state index is 14.8. The van der Waals surface area contributed by atoms with Gasteiger partial charge >= 0.3 is 6.09 Å². The highest BCUT2D eigenvalue weighted by Gasteiger charge is 2.39. The van der Waals surface area contributed by atoms with E-state index in [0.29, 0.717) is 16.1 Å². The highest BCUT2D eigenvalue weighted by Crippen LogP contribution is 2.46. The molecule has 5 aromatic rings. The van der Waals surface area contributed by atoms with Crippen LogP contribution in [-0.2, 0) is 18.4 Å². The molecule has 0 aliphatic carbocycles. The lowest BCUT2D eigenvalue weighted by molar-refractivity contribution is -0.384. The van der Waals surface area contributed by atoms with Gasteiger partial charge in [0.25, 0.3) is 11.2 Å². The molecule has 0 saturated carbocycles. The Balaban J connectivity index is 1.48. The van der Waals surface area contributed by atoms with Crippen molar-refractivity contribution in [2.75, 3.05) is 5.32 Å². The minimum absolute atomic E-state index is 0.0202. The van der Waals surface area contributed by atoms with Crippen LogP contribution in [0.5, 0.6) is 0 Å². The molecule has 212 valence electrons. The number of nitrogens with zero attached hydrogens (tertiary/aromatic N) is 6. The highest BCUT2D eigenvalue weighted by atomic mass is 35.5. The Hall–Kier alpha value is -5.24. The molecule has 0 fully saturated rings. The van der Waals surface area contributed by atoms with Gasteiger partial charge in [-0.05, 0) is 35.9 Å². The molecule has 0 amide bonds. The van der Waals surface area contributed by atoms with Crippen molar-refractivity contribution in [3.63, 3.8) is 0 Å². The van der Waals surface area contributed by atoms with Crippen LogP contribution in [0.15, 0.2) is 65.7 Å². The first-order valence-electron chi connectivity index (χ1n) is 12.3. The van der Waals surface area contributed by atoms with Gasteiger partial charge in [0.15, 0.2) is 0 Å². The van der Waals surface area contributed by atoms with Gasteiger partial charge in [0.05, 0.1) is 33.0 Å². The Morgan fingerprint density at radius 1 is 1.14 bits per heavy atom. The van der Waals surface area contributed by atoms with Crippen molar-refractivity contribution < 1.29 is 23.2 Å². The zero-order valence-corrected chi connectivity index (χ0v) is 22.2. The average Bonchev–Trinajstić information content (AvgIpc) is 3.38. The number of hydrogen-bond acceptors (Lipinski definition) is 9. The average molecular weight is 594 g/mol. The number of benzene rings is 3. The molecule has 0 saturated heterocycles. The summed E-state index contributed by atoms with van der Waals surface area (Å²) in [6.45, 7) is -0.433. The van der Waals surface area contributed by atoms with Crippen LogP contribution in [0.1, 0.15) is 34.6 Å². The van der Waals surface area contributed by atoms with E-state index in [2.05, 4.69) is 20.5 Å². The van der Waals surface area contributed by atoms with Crippen molar-refractivity contribution >= 4 is 39.8 Å². The Bertz CT molecular complexity index is 1960. The Morgan fingerprint density at radius 3 is 2.57 bits per heavy atom. The summed E-state index contributed by atoms with van der Waals surface area (Å²) >= 11 is 6.11. The largest absolute Gasteiger partial charge is 0.443 e. The normalized spacial score (nSPS) is 15.8. The zero-order chi connectivity index (χ0) is 29.7. The number of anilines is 1. The van der Waals surface area contributed by atoms with E-state index in [1.807, 2.05) is 0 Å². The molecule has 0 radical (unpaired) electrons. The predicted molar refractivity (Wildman–Crippen MR) is 145 cm³/mol. The SMILES string of the molecule is Cn1ncnc1[C@H]1c2nn(C(=O)OCc3ccc([N+](=O)[O-])cc3Cl)c(=O)c3cc(F)cc(c23)N[C@@H]1c1ccc(F)cc1. The van der Waals surface area contributed by atoms with Crippen molar-refractivity contribution in [3.05, 3.63) is 121 Å². The molecule has 15 heteroatoms. The summed E-state index contributed by atoms with van der Waals surface area (Å²) in [6.07, 6.45) is 0.138. The summed E-state index contributed by atoms with van der Waals surface area (Å²) in [4.78, 5) is 41.4. The molecular weight excluding hydrogens is 576 g/mol. The lowest BCUT2D eigenvalue weighted by Crippen LogP contribution is -2.36. The molecule has 12 nitrogen and oxygen atoms in total. The molecule has 1 aliphatic heterocycles. The van der Waals surface area contributed by atoms with Gasteiger partial charge in [-0.1, -0.05) is 23.7 Å². The van der Waals surface area contributed by atoms with Crippen LogP contribution in [0.25, 0.3) is 10.8 Å². The molecule has 3 heterocycles. The number of halogens is 3. The number of nitro benzene ring substituents is 1. The van der Waals surface area contributed by atoms with Crippen LogP contribution in [0.4, 0.5) is 25.0 Å². The quantitative estimate of drug-likeness (QED) is 0.223. The Labute approximate surface area is 239 Å². The van der Waals surface area contributed by atoms with Gasteiger partial charge in [0.1, 0.15) is 30.4 Å². The van der Waals surface area contributed by atoms with Crippen molar-refractivity contribution in [2.24, 2.45) is 7.05 Å². The van der Waals surface area contributed by atoms with E-state index in [4.69, 9.17) is 16.3 Å². The predicted octanol–water partition coefficient (Wildman–Crippen LogP) is 4.85. The lowest BCUT2D eigenvalue weighted by atomic mass is 9.83. The van der Waals surface area contributed by atoms with Crippen LogP contribution in [0, 0.1) is 21.7 Å². The topological polar surface area (TPSA) is 147 Å². The fourth-order valence-electron chi connectivity index (χ4n) is 5.00. The smallest absolute Gasteiger partial charge is 0.438 e. The third-order valence-corrected chi connectivity index (χ3v) is 7.31. The molecule has 1 aliphatic rings. The van der Waals surface area contributed by atoms with Crippen molar-refractivity contribution in [2.45, 2.75) is 18.6 Å². The molecule has 1 N–H and O–H groups in total. The van der Waals surface area contributed by atoms with E-state index in [1.165, 1.54) is 41.3 Å². The summed E-state index contributed by atoms with van der Waals surface area (Å²) in [5.41, 5.74) is 0.107. The molecule has 3 aromatic carbocycles. The van der Waals surface area contributed by atoms with Crippen LogP contribution >= 0.6 is 11.6 Å². The van der Waals surface area contributed by atoms with Crippen LogP contribution in [-0.4, -0.2) is 35.6 Å². The highest BCUT2D eigenvalue weighted by molar-refractivity contribution is 6.31. The number of aromatic nitrogens is 5. The van der Waals surface area contributed by atoms with E-state index in [1.54, 1.807) is 19.2 Å². The number of hydrogen-bond donors (Lipinski definition) is 1. The number of non-ortho nitro benzene ring substituents is 1. The number of carbonyl (C=O) groups excluding carboxylic acids is 1. The van der Waals surface area contributed by atoms with Gasteiger partial charge in [-0.3, -0.25) is 19.6 Å². The zero-order valence-electron chi connectivity index (χ0n) is 21.5. The fourth-order valence-corrected chi connectivity index (χ4v) is 5.23. The van der Waals surface area contributed by atoms with Gasteiger partial charge < -0.3 is 10.1 Å². The second-order valence-corrected chi connectivity index (χ2v) is 9.87. The number of nitrogens with one attached hydrogen (secondary N) is 1. The third kappa shape index (κ3) is 4.60. The minimum Gasteiger partial charge on any atom is -0.443 e. The summed E-state index contributed by atoms with van der Waals surface area (Å²) in [6, 6.07) is 10.8. The maximum atomic E-state index is 14.8. The van der Waals surface area contributed by atoms with Crippen LogP contribution in [0.3, 0.4) is 0 Å². The third-order valence-electron chi connectivity index (χ3n) is 6.95. The summed E-state index contributed by atoms with van der Waals surface area (Å²) in [5.74, 6) is -1.57. The fraction of sp³-hybridized carbons (Fsp3) is 0.148.